The van der Waals surface area contributed by atoms with Gasteiger partial charge in [0.25, 0.3) is 5.91 Å². The molecule has 5 rings (SSSR count). The average Bonchev–Trinajstić information content (AvgIpc) is 3.07. The molecular weight excluding hydrogens is 502 g/mol. The first-order valence-corrected chi connectivity index (χ1v) is 14.1. The summed E-state index contributed by atoms with van der Waals surface area (Å²) in [5.41, 5.74) is 4.36. The summed E-state index contributed by atoms with van der Waals surface area (Å²) in [4.78, 5) is 47.7. The van der Waals surface area contributed by atoms with Crippen LogP contribution < -0.4 is 5.32 Å². The molecule has 2 aliphatic rings. The number of anilines is 1. The smallest absolute Gasteiger partial charge is 0.341 e. The first-order valence-electron chi connectivity index (χ1n) is 13.3. The fraction of sp³-hybridized carbons (Fsp3) is 0.448. The van der Waals surface area contributed by atoms with E-state index in [0.29, 0.717) is 28.1 Å². The van der Waals surface area contributed by atoms with E-state index in [4.69, 9.17) is 14.5 Å². The van der Waals surface area contributed by atoms with Crippen molar-refractivity contribution in [3.05, 3.63) is 57.1 Å². The molecule has 1 aromatic carbocycles. The van der Waals surface area contributed by atoms with Gasteiger partial charge < -0.3 is 19.7 Å². The molecule has 1 unspecified atom stereocenters. The summed E-state index contributed by atoms with van der Waals surface area (Å²) >= 11 is 1.42. The lowest BCUT2D eigenvalue weighted by Gasteiger charge is -2.27. The lowest BCUT2D eigenvalue weighted by Crippen LogP contribution is -2.32. The summed E-state index contributed by atoms with van der Waals surface area (Å²) < 4.78 is 11.1. The number of nitrogens with one attached hydrogen (secondary N) is 1. The molecule has 200 valence electrons. The zero-order valence-corrected chi connectivity index (χ0v) is 22.9. The number of hydrogen-bond acceptors (Lipinski definition) is 8. The van der Waals surface area contributed by atoms with Crippen LogP contribution in [0.1, 0.15) is 75.5 Å². The Labute approximate surface area is 226 Å². The molecule has 1 aliphatic carbocycles. The van der Waals surface area contributed by atoms with E-state index in [1.165, 1.54) is 11.3 Å². The molecule has 0 saturated heterocycles. The maximum atomic E-state index is 13.5. The number of thiophene rings is 1. The van der Waals surface area contributed by atoms with E-state index in [-0.39, 0.29) is 6.61 Å². The minimum atomic E-state index is -1.07. The fourth-order valence-electron chi connectivity index (χ4n) is 5.29. The van der Waals surface area contributed by atoms with Crippen molar-refractivity contribution >= 4 is 45.1 Å². The van der Waals surface area contributed by atoms with Crippen molar-refractivity contribution in [2.24, 2.45) is 0 Å². The van der Waals surface area contributed by atoms with Gasteiger partial charge >= 0.3 is 11.9 Å². The monoisotopic (exact) mass is 535 g/mol. The Kier molecular flexibility index (Phi) is 7.76. The van der Waals surface area contributed by atoms with Crippen LogP contribution >= 0.6 is 11.3 Å². The maximum absolute atomic E-state index is 13.5. The lowest BCUT2D eigenvalue weighted by atomic mass is 9.96. The number of aryl methyl sites for hydroxylation is 1. The van der Waals surface area contributed by atoms with Crippen LogP contribution in [0.15, 0.2) is 24.3 Å². The topological polar surface area (TPSA) is 97.8 Å². The fourth-order valence-corrected chi connectivity index (χ4v) is 6.58. The van der Waals surface area contributed by atoms with E-state index in [2.05, 4.69) is 10.2 Å². The van der Waals surface area contributed by atoms with E-state index < -0.39 is 23.9 Å². The number of carbonyl (C=O) groups is 3. The second-order valence-electron chi connectivity index (χ2n) is 9.94. The number of carbonyl (C=O) groups excluding carboxylic acids is 3. The van der Waals surface area contributed by atoms with Crippen LogP contribution in [0.2, 0.25) is 0 Å². The number of nitrogens with zero attached hydrogens (tertiary/aromatic N) is 2. The van der Waals surface area contributed by atoms with E-state index in [0.717, 1.165) is 72.3 Å². The van der Waals surface area contributed by atoms with Gasteiger partial charge in [0.1, 0.15) is 5.00 Å². The first-order chi connectivity index (χ1) is 18.4. The van der Waals surface area contributed by atoms with Gasteiger partial charge in [0.15, 0.2) is 6.10 Å². The normalized spacial score (nSPS) is 16.2. The highest BCUT2D eigenvalue weighted by atomic mass is 32.1. The minimum Gasteiger partial charge on any atom is -0.462 e. The zero-order chi connectivity index (χ0) is 26.8. The molecule has 0 radical (unpaired) electrons. The largest absolute Gasteiger partial charge is 0.462 e. The molecule has 2 aromatic heterocycles. The summed E-state index contributed by atoms with van der Waals surface area (Å²) in [5, 5.41) is 4.05. The summed E-state index contributed by atoms with van der Waals surface area (Å²) in [5.74, 6) is -1.46. The number of esters is 2. The number of hydrogen-bond donors (Lipinski definition) is 1. The van der Waals surface area contributed by atoms with Crippen molar-refractivity contribution in [3.8, 4) is 0 Å². The number of ether oxygens (including phenoxy) is 2. The van der Waals surface area contributed by atoms with E-state index in [1.807, 2.05) is 31.3 Å². The number of para-hydroxylation sites is 1. The minimum absolute atomic E-state index is 0.254. The third-order valence-corrected chi connectivity index (χ3v) is 8.44. The van der Waals surface area contributed by atoms with Crippen molar-refractivity contribution in [1.29, 1.82) is 0 Å². The van der Waals surface area contributed by atoms with Gasteiger partial charge in [0.2, 0.25) is 0 Å². The summed E-state index contributed by atoms with van der Waals surface area (Å²) in [7, 11) is 2.01. The molecule has 1 amide bonds. The lowest BCUT2D eigenvalue weighted by molar-refractivity contribution is -0.123. The second kappa shape index (κ2) is 11.2. The third kappa shape index (κ3) is 5.17. The maximum Gasteiger partial charge on any atom is 0.341 e. The molecule has 3 heterocycles. The SMILES string of the molecule is CCOC(=O)c1c(NC(=O)C(C)OC(=O)c2c3c(nc4ccccc24)CCN(C)C3)sc2c1CCCCC2. The summed E-state index contributed by atoms with van der Waals surface area (Å²) in [6.45, 7) is 5.02. The quantitative estimate of drug-likeness (QED) is 0.354. The van der Waals surface area contributed by atoms with E-state index in [9.17, 15) is 14.4 Å². The standard InChI is InChI=1S/C29H33N3O5S/c1-4-36-28(34)25-19-11-6-5-7-13-23(19)38-27(25)31-26(33)17(2)37-29(35)24-18-10-8-9-12-21(18)30-22-14-15-32(3)16-20(22)24/h8-10,12,17H,4-7,11,13-16H2,1-3H3,(H,31,33). The molecule has 9 heteroatoms. The third-order valence-electron chi connectivity index (χ3n) is 7.23. The van der Waals surface area contributed by atoms with Crippen LogP contribution in [0.25, 0.3) is 10.9 Å². The molecule has 38 heavy (non-hydrogen) atoms. The highest BCUT2D eigenvalue weighted by Crippen LogP contribution is 2.38. The van der Waals surface area contributed by atoms with Crippen LogP contribution in [-0.4, -0.2) is 54.0 Å². The Bertz CT molecular complexity index is 1400. The van der Waals surface area contributed by atoms with Crippen LogP contribution in [0, 0.1) is 0 Å². The van der Waals surface area contributed by atoms with Crippen LogP contribution in [0.5, 0.6) is 0 Å². The van der Waals surface area contributed by atoms with Gasteiger partial charge in [0, 0.05) is 41.0 Å². The number of fused-ring (bicyclic) bond motifs is 3. The van der Waals surface area contributed by atoms with Crippen molar-refractivity contribution in [3.63, 3.8) is 0 Å². The number of benzene rings is 1. The van der Waals surface area contributed by atoms with Crippen LogP contribution in [0.4, 0.5) is 5.00 Å². The van der Waals surface area contributed by atoms with Gasteiger partial charge in [-0.1, -0.05) is 24.6 Å². The summed E-state index contributed by atoms with van der Waals surface area (Å²) in [6.07, 6.45) is 4.50. The molecule has 0 bridgehead atoms. The zero-order valence-electron chi connectivity index (χ0n) is 22.1. The molecule has 0 fully saturated rings. The Balaban J connectivity index is 1.40. The molecule has 8 nitrogen and oxygen atoms in total. The van der Waals surface area contributed by atoms with Gasteiger partial charge in [-0.2, -0.15) is 0 Å². The van der Waals surface area contributed by atoms with Gasteiger partial charge in [-0.15, -0.1) is 11.3 Å². The Morgan fingerprint density at radius 1 is 1.05 bits per heavy atom. The molecule has 1 N–H and O–H groups in total. The second-order valence-corrected chi connectivity index (χ2v) is 11.0. The number of rotatable bonds is 6. The van der Waals surface area contributed by atoms with Gasteiger partial charge in [-0.05, 0) is 58.2 Å². The number of amides is 1. The van der Waals surface area contributed by atoms with Crippen molar-refractivity contribution < 1.29 is 23.9 Å². The molecule has 0 saturated carbocycles. The predicted octanol–water partition coefficient (Wildman–Crippen LogP) is 4.91. The van der Waals surface area contributed by atoms with Crippen molar-refractivity contribution in [2.75, 3.05) is 25.5 Å². The number of pyridine rings is 1. The molecule has 3 aromatic rings. The van der Waals surface area contributed by atoms with Gasteiger partial charge in [-0.3, -0.25) is 9.78 Å². The Hall–Kier alpha value is -3.30. The molecular formula is C29H33N3O5S. The molecule has 0 spiro atoms. The van der Waals surface area contributed by atoms with Gasteiger partial charge in [-0.25, -0.2) is 9.59 Å². The van der Waals surface area contributed by atoms with Gasteiger partial charge in [0.05, 0.1) is 23.3 Å². The van der Waals surface area contributed by atoms with E-state index in [1.54, 1.807) is 13.8 Å². The highest BCUT2D eigenvalue weighted by Gasteiger charge is 2.30. The van der Waals surface area contributed by atoms with Crippen molar-refractivity contribution in [2.45, 2.75) is 65.0 Å². The number of likely N-dealkylation sites (N-methyl/N-ethyl adjacent to an activating group) is 1. The first kappa shape index (κ1) is 26.3. The number of aromatic nitrogens is 1. The van der Waals surface area contributed by atoms with Crippen LogP contribution in [-0.2, 0) is 40.1 Å². The highest BCUT2D eigenvalue weighted by molar-refractivity contribution is 7.17. The molecule has 1 aliphatic heterocycles. The van der Waals surface area contributed by atoms with Crippen molar-refractivity contribution in [1.82, 2.24) is 9.88 Å². The Morgan fingerprint density at radius 2 is 1.84 bits per heavy atom. The average molecular weight is 536 g/mol. The summed E-state index contributed by atoms with van der Waals surface area (Å²) in [6, 6.07) is 7.51. The Morgan fingerprint density at radius 3 is 2.66 bits per heavy atom. The molecule has 1 atom stereocenters. The predicted molar refractivity (Wildman–Crippen MR) is 147 cm³/mol. The van der Waals surface area contributed by atoms with E-state index >= 15 is 0 Å². The van der Waals surface area contributed by atoms with Crippen LogP contribution in [0.3, 0.4) is 0 Å².